The van der Waals surface area contributed by atoms with Crippen LogP contribution < -0.4 is 16.6 Å². The van der Waals surface area contributed by atoms with Gasteiger partial charge in [-0.1, -0.05) is 12.2 Å². The minimum atomic E-state index is -0.673. The lowest BCUT2D eigenvalue weighted by molar-refractivity contribution is -0.141. The maximum atomic E-state index is 12.5. The molecule has 4 rings (SSSR count). The van der Waals surface area contributed by atoms with Crippen LogP contribution in [0.25, 0.3) is 0 Å². The first-order valence-electron chi connectivity index (χ1n) is 8.56. The first kappa shape index (κ1) is 16.5. The third kappa shape index (κ3) is 2.59. The zero-order valence-electron chi connectivity index (χ0n) is 13.9. The molecule has 1 saturated heterocycles. The van der Waals surface area contributed by atoms with Gasteiger partial charge in [-0.3, -0.25) is 33.6 Å². The molecule has 26 heavy (non-hydrogen) atoms. The minimum Gasteiger partial charge on any atom is -0.353 e. The monoisotopic (exact) mass is 358 g/mol. The van der Waals surface area contributed by atoms with Crippen LogP contribution in [0.2, 0.25) is 0 Å². The standard InChI is InChI=1S/C17H18N4O5/c22-11-3-5-20(17(26)19-11)8-12(23)18-4-6-21-15(24)13-9-1-2-10(7-9)14(13)16(21)25/h1-3,5,9-10,13-14H,4,6-8H2,(H,18,23)(H,19,22,26)/t9-,10+,13+,14-. The summed E-state index contributed by atoms with van der Waals surface area (Å²) < 4.78 is 1.07. The molecule has 2 bridgehead atoms. The second kappa shape index (κ2) is 6.08. The van der Waals surface area contributed by atoms with E-state index in [0.717, 1.165) is 17.1 Å². The maximum absolute atomic E-state index is 12.5. The summed E-state index contributed by atoms with van der Waals surface area (Å²) in [6, 6.07) is 1.15. The zero-order chi connectivity index (χ0) is 18.4. The molecule has 0 unspecified atom stereocenters. The SMILES string of the molecule is O=C(Cn1ccc(=O)[nH]c1=O)NCCN1C(=O)[C@@H]2[C@H](C1=O)[C@H]1C=C[C@@H]2C1. The van der Waals surface area contributed by atoms with E-state index in [1.54, 1.807) is 0 Å². The molecule has 2 fully saturated rings. The van der Waals surface area contributed by atoms with Crippen LogP contribution in [-0.4, -0.2) is 45.3 Å². The van der Waals surface area contributed by atoms with Crippen molar-refractivity contribution in [3.05, 3.63) is 45.3 Å². The van der Waals surface area contributed by atoms with Gasteiger partial charge in [0.15, 0.2) is 0 Å². The fourth-order valence-corrected chi connectivity index (χ4v) is 4.27. The third-order valence-electron chi connectivity index (χ3n) is 5.43. The Balaban J connectivity index is 1.32. The zero-order valence-corrected chi connectivity index (χ0v) is 13.9. The van der Waals surface area contributed by atoms with Crippen LogP contribution in [0.15, 0.2) is 34.0 Å². The highest BCUT2D eigenvalue weighted by molar-refractivity contribution is 6.06. The number of aromatic amines is 1. The summed E-state index contributed by atoms with van der Waals surface area (Å²) in [5, 5.41) is 2.59. The number of likely N-dealkylation sites (tertiary alicyclic amines) is 1. The quantitative estimate of drug-likeness (QED) is 0.488. The number of amides is 3. The largest absolute Gasteiger partial charge is 0.353 e. The normalized spacial score (nSPS) is 28.7. The summed E-state index contributed by atoms with van der Waals surface area (Å²) in [6.45, 7) is -0.0101. The van der Waals surface area contributed by atoms with E-state index in [1.807, 2.05) is 12.2 Å². The van der Waals surface area contributed by atoms with Crippen LogP contribution in [-0.2, 0) is 20.9 Å². The molecule has 0 spiro atoms. The molecule has 9 nitrogen and oxygen atoms in total. The Hall–Kier alpha value is -2.97. The molecular weight excluding hydrogens is 340 g/mol. The molecule has 9 heteroatoms. The highest BCUT2D eigenvalue weighted by atomic mass is 16.2. The number of carbonyl (C=O) groups excluding carboxylic acids is 3. The molecule has 0 radical (unpaired) electrons. The fraction of sp³-hybridized carbons (Fsp3) is 0.471. The summed E-state index contributed by atoms with van der Waals surface area (Å²) in [5.74, 6) is -0.909. The van der Waals surface area contributed by atoms with Crippen molar-refractivity contribution in [3.8, 4) is 0 Å². The molecule has 1 aromatic heterocycles. The van der Waals surface area contributed by atoms with Gasteiger partial charge < -0.3 is 5.32 Å². The molecule has 3 amide bonds. The van der Waals surface area contributed by atoms with Gasteiger partial charge in [-0.15, -0.1) is 0 Å². The number of nitrogens with one attached hydrogen (secondary N) is 2. The Morgan fingerprint density at radius 2 is 1.77 bits per heavy atom. The van der Waals surface area contributed by atoms with Crippen molar-refractivity contribution < 1.29 is 14.4 Å². The Morgan fingerprint density at radius 1 is 1.12 bits per heavy atom. The van der Waals surface area contributed by atoms with Crippen LogP contribution in [0, 0.1) is 23.7 Å². The van der Waals surface area contributed by atoms with E-state index < -0.39 is 17.2 Å². The van der Waals surface area contributed by atoms with Gasteiger partial charge in [0.05, 0.1) is 11.8 Å². The van der Waals surface area contributed by atoms with E-state index in [1.165, 1.54) is 11.1 Å². The lowest BCUT2D eigenvalue weighted by atomic mass is 9.85. The van der Waals surface area contributed by atoms with Crippen molar-refractivity contribution in [2.45, 2.75) is 13.0 Å². The first-order valence-corrected chi connectivity index (χ1v) is 8.56. The van der Waals surface area contributed by atoms with Crippen LogP contribution in [0.4, 0.5) is 0 Å². The Labute approximate surface area is 147 Å². The van der Waals surface area contributed by atoms with Gasteiger partial charge >= 0.3 is 5.69 Å². The minimum absolute atomic E-state index is 0.121. The van der Waals surface area contributed by atoms with Gasteiger partial charge in [-0.25, -0.2) is 4.79 Å². The Morgan fingerprint density at radius 3 is 2.38 bits per heavy atom. The second-order valence-electron chi connectivity index (χ2n) is 6.92. The van der Waals surface area contributed by atoms with Crippen molar-refractivity contribution in [2.75, 3.05) is 13.1 Å². The maximum Gasteiger partial charge on any atom is 0.328 e. The molecule has 2 N–H and O–H groups in total. The molecule has 1 aromatic rings. The number of carbonyl (C=O) groups is 3. The number of imide groups is 1. The molecule has 2 heterocycles. The summed E-state index contributed by atoms with van der Waals surface area (Å²) in [5.41, 5.74) is -1.21. The highest BCUT2D eigenvalue weighted by Gasteiger charge is 2.58. The van der Waals surface area contributed by atoms with Gasteiger partial charge in [0.25, 0.3) is 5.56 Å². The van der Waals surface area contributed by atoms with Crippen LogP contribution in [0.5, 0.6) is 0 Å². The molecule has 1 aliphatic heterocycles. The van der Waals surface area contributed by atoms with E-state index in [9.17, 15) is 24.0 Å². The molecule has 136 valence electrons. The molecule has 3 aliphatic rings. The van der Waals surface area contributed by atoms with Crippen molar-refractivity contribution in [1.82, 2.24) is 19.8 Å². The topological polar surface area (TPSA) is 121 Å². The van der Waals surface area contributed by atoms with E-state index in [4.69, 9.17) is 0 Å². The second-order valence-corrected chi connectivity index (χ2v) is 6.92. The van der Waals surface area contributed by atoms with Crippen molar-refractivity contribution >= 4 is 17.7 Å². The van der Waals surface area contributed by atoms with Gasteiger partial charge in [0, 0.05) is 25.4 Å². The number of hydrogen-bond donors (Lipinski definition) is 2. The van der Waals surface area contributed by atoms with Gasteiger partial charge in [-0.05, 0) is 18.3 Å². The van der Waals surface area contributed by atoms with Gasteiger partial charge in [-0.2, -0.15) is 0 Å². The number of rotatable bonds is 5. The van der Waals surface area contributed by atoms with E-state index in [2.05, 4.69) is 10.3 Å². The smallest absolute Gasteiger partial charge is 0.328 e. The third-order valence-corrected chi connectivity index (χ3v) is 5.43. The van der Waals surface area contributed by atoms with E-state index in [0.29, 0.717) is 0 Å². The molecule has 2 aliphatic carbocycles. The molecule has 0 aromatic carbocycles. The van der Waals surface area contributed by atoms with Gasteiger partial charge in [0.1, 0.15) is 6.54 Å². The molecule has 4 atom stereocenters. The summed E-state index contributed by atoms with van der Waals surface area (Å²) in [6.07, 6.45) is 6.18. The lowest BCUT2D eigenvalue weighted by Crippen LogP contribution is -2.41. The van der Waals surface area contributed by atoms with E-state index >= 15 is 0 Å². The van der Waals surface area contributed by atoms with Crippen LogP contribution in [0.3, 0.4) is 0 Å². The average molecular weight is 358 g/mol. The number of allylic oxidation sites excluding steroid dienone is 2. The number of H-pyrrole nitrogens is 1. The van der Waals surface area contributed by atoms with Gasteiger partial charge in [0.2, 0.25) is 17.7 Å². The predicted octanol–water partition coefficient (Wildman–Crippen LogP) is -1.54. The summed E-state index contributed by atoms with van der Waals surface area (Å²) >= 11 is 0. The van der Waals surface area contributed by atoms with Crippen molar-refractivity contribution in [3.63, 3.8) is 0 Å². The lowest BCUT2D eigenvalue weighted by Gasteiger charge is -2.17. The summed E-state index contributed by atoms with van der Waals surface area (Å²) in [7, 11) is 0. The van der Waals surface area contributed by atoms with Crippen LogP contribution in [0.1, 0.15) is 6.42 Å². The number of nitrogens with zero attached hydrogens (tertiary/aromatic N) is 2. The molecule has 1 saturated carbocycles. The Kier molecular flexibility index (Phi) is 3.86. The van der Waals surface area contributed by atoms with Crippen molar-refractivity contribution in [1.29, 1.82) is 0 Å². The highest BCUT2D eigenvalue weighted by Crippen LogP contribution is 2.52. The fourth-order valence-electron chi connectivity index (χ4n) is 4.27. The molecular formula is C17H18N4O5. The number of hydrogen-bond acceptors (Lipinski definition) is 5. The van der Waals surface area contributed by atoms with Crippen molar-refractivity contribution in [2.24, 2.45) is 23.7 Å². The van der Waals surface area contributed by atoms with E-state index in [-0.39, 0.29) is 55.1 Å². The predicted molar refractivity (Wildman–Crippen MR) is 88.8 cm³/mol. The number of aromatic nitrogens is 2. The summed E-state index contributed by atoms with van der Waals surface area (Å²) in [4.78, 5) is 62.8. The Bertz CT molecular complexity index is 900. The first-order chi connectivity index (χ1) is 12.5. The number of fused-ring (bicyclic) bond motifs is 5. The average Bonchev–Trinajstić information content (AvgIpc) is 3.27. The van der Waals surface area contributed by atoms with Crippen LogP contribution >= 0.6 is 0 Å².